The Labute approximate surface area is 236 Å². The van der Waals surface area contributed by atoms with E-state index in [0.717, 1.165) is 19.3 Å². The van der Waals surface area contributed by atoms with Crippen molar-refractivity contribution >= 4 is 14.6 Å². The van der Waals surface area contributed by atoms with Gasteiger partial charge in [0.25, 0.3) is 0 Å². The van der Waals surface area contributed by atoms with Gasteiger partial charge in [0.1, 0.15) is 5.60 Å². The largest absolute Gasteiger partial charge is 0 e. The van der Waals surface area contributed by atoms with Crippen LogP contribution in [-0.4, -0.2) is 20.2 Å². The molecule has 0 N–H and O–H groups in total. The van der Waals surface area contributed by atoms with Crippen molar-refractivity contribution in [3.63, 3.8) is 0 Å². The van der Waals surface area contributed by atoms with Crippen LogP contribution in [-0.2, 0) is 70.7 Å². The maximum atomic E-state index is 10.1. The van der Waals surface area contributed by atoms with Crippen molar-refractivity contribution in [2.75, 3.05) is 0 Å². The second-order valence-electron chi connectivity index (χ2n) is 7.06. The molecule has 0 aromatic rings. The van der Waals surface area contributed by atoms with Gasteiger partial charge in [0.15, 0.2) is 14.6 Å². The number of rotatable bonds is 2. The molecule has 0 bridgehead atoms. The first-order valence-electron chi connectivity index (χ1n) is 8.95. The summed E-state index contributed by atoms with van der Waals surface area (Å²) in [6.07, 6.45) is 11.2. The Balaban J connectivity index is -0.0000000816. The first-order valence-corrected chi connectivity index (χ1v) is 11.9. The summed E-state index contributed by atoms with van der Waals surface area (Å²) in [5.74, 6) is 11.2. The predicted octanol–water partition coefficient (Wildman–Crippen LogP) is 4.02. The molecule has 0 aromatic carbocycles. The summed E-state index contributed by atoms with van der Waals surface area (Å²) in [4.78, 5) is 10.1. The van der Waals surface area contributed by atoms with E-state index in [9.17, 15) is 4.79 Å². The molecule has 0 fully saturated rings. The van der Waals surface area contributed by atoms with E-state index in [1.165, 1.54) is 0 Å². The minimum absolute atomic E-state index is 0. The predicted molar refractivity (Wildman–Crippen MR) is 118 cm³/mol. The van der Waals surface area contributed by atoms with Gasteiger partial charge in [-0.3, -0.25) is 4.79 Å². The number of allylic oxidation sites excluding steroid dienone is 3. The fourth-order valence-electron chi connectivity index (χ4n) is 1.99. The van der Waals surface area contributed by atoms with Gasteiger partial charge in [-0.1, -0.05) is 44.6 Å². The van der Waals surface area contributed by atoms with Gasteiger partial charge in [-0.05, 0) is 61.5 Å². The molecular weight excluding hydrogens is 574 g/mol. The molecule has 0 amide bonds. The SMILES string of the molecule is CC(C)(C)[Si](C)(C)OC1(C#C/C=C\C#CC=O)C=CCCC1.[C-]#[O+].[C-]#[O+].[C-]#[O+].[C-]#[O+].[C-]#[O+].[C-]#[O+].[Co].[Co]. The van der Waals surface area contributed by atoms with Crippen molar-refractivity contribution < 1.29 is 70.7 Å². The van der Waals surface area contributed by atoms with Crippen LogP contribution in [0.1, 0.15) is 40.0 Å². The molecule has 0 heterocycles. The topological polar surface area (TPSA) is 146 Å². The van der Waals surface area contributed by atoms with Gasteiger partial charge in [-0.15, -0.1) is 0 Å². The molecule has 196 valence electrons. The fourth-order valence-corrected chi connectivity index (χ4v) is 3.43. The van der Waals surface area contributed by atoms with Crippen LogP contribution in [0.3, 0.4) is 0 Å². The second-order valence-corrected chi connectivity index (χ2v) is 11.8. The number of hydrogen-bond donors (Lipinski definition) is 0. The van der Waals surface area contributed by atoms with E-state index in [2.05, 4.69) is 110 Å². The minimum Gasteiger partial charge on any atom is 0 e. The number of carbonyl (C=O) groups is 1. The Morgan fingerprint density at radius 1 is 0.833 bits per heavy atom. The third-order valence-corrected chi connectivity index (χ3v) is 8.71. The molecule has 1 unspecified atom stereocenters. The van der Waals surface area contributed by atoms with Crippen LogP contribution in [0.5, 0.6) is 0 Å². The summed E-state index contributed by atoms with van der Waals surface area (Å²) in [7, 11) is -1.90. The summed E-state index contributed by atoms with van der Waals surface area (Å²) in [6.45, 7) is 38.2. The zero-order valence-electron chi connectivity index (χ0n) is 20.4. The summed E-state index contributed by atoms with van der Waals surface area (Å²) in [6, 6.07) is 0. The molecule has 1 aliphatic rings. The number of hydrogen-bond acceptors (Lipinski definition) is 2. The Kier molecular flexibility index (Phi) is 60.9. The van der Waals surface area contributed by atoms with Crippen molar-refractivity contribution in [1.29, 1.82) is 0 Å². The summed E-state index contributed by atoms with van der Waals surface area (Å²) in [5, 5.41) is 0.151. The minimum atomic E-state index is -1.90. The quantitative estimate of drug-likeness (QED) is 0.118. The van der Waals surface area contributed by atoms with Crippen LogP contribution in [0.25, 0.3) is 0 Å². The molecule has 1 rings (SSSR count). The third-order valence-electron chi connectivity index (χ3n) is 4.23. The molecule has 0 saturated carbocycles. The average Bonchev–Trinajstić information content (AvgIpc) is 2.88. The van der Waals surface area contributed by atoms with E-state index in [4.69, 9.17) is 32.3 Å². The molecule has 0 saturated heterocycles. The van der Waals surface area contributed by atoms with Gasteiger partial charge in [-0.2, -0.15) is 0 Å². The molecule has 8 nitrogen and oxygen atoms in total. The zero-order valence-corrected chi connectivity index (χ0v) is 23.5. The standard InChI is InChI=1S/C19H26O2Si.6CO.2Co/c1-18(2,3)22(4,5)21-19(15-11-9-12-16-19)14-10-7-6-8-13-17-20;6*1-2;;/h6-7,11,15,17H,9,12,16H2,1-5H3;;;;;;;;/b7-6-;;;;;;;;. The van der Waals surface area contributed by atoms with Crippen LogP contribution < -0.4 is 0 Å². The van der Waals surface area contributed by atoms with Crippen LogP contribution >= 0.6 is 0 Å². The summed E-state index contributed by atoms with van der Waals surface area (Å²) in [5.41, 5.74) is -0.482. The third kappa shape index (κ3) is 29.9. The Morgan fingerprint density at radius 3 is 1.58 bits per heavy atom. The molecule has 36 heavy (non-hydrogen) atoms. The maximum Gasteiger partial charge on any atom is 0 e. The van der Waals surface area contributed by atoms with E-state index in [1.807, 2.05) is 0 Å². The van der Waals surface area contributed by atoms with Crippen molar-refractivity contribution in [1.82, 2.24) is 0 Å². The van der Waals surface area contributed by atoms with Gasteiger partial charge in [0.2, 0.25) is 0 Å². The van der Waals surface area contributed by atoms with Gasteiger partial charge in [0, 0.05) is 33.6 Å². The monoisotopic (exact) mass is 600 g/mol. The summed E-state index contributed by atoms with van der Waals surface area (Å²) >= 11 is 0. The van der Waals surface area contributed by atoms with Gasteiger partial charge in [-0.25, -0.2) is 0 Å². The van der Waals surface area contributed by atoms with Gasteiger partial charge >= 0.3 is 67.8 Å². The molecule has 0 aliphatic heterocycles. The normalized spacial score (nSPS) is 13.6. The first kappa shape index (κ1) is 54.7. The maximum absolute atomic E-state index is 10.1. The van der Waals surface area contributed by atoms with Crippen molar-refractivity contribution in [3.8, 4) is 23.7 Å². The van der Waals surface area contributed by atoms with Crippen LogP contribution in [0, 0.1) is 63.6 Å². The fraction of sp³-hybridized carbons (Fsp3) is 0.400. The number of aldehydes is 1. The molecule has 1 atom stereocenters. The van der Waals surface area contributed by atoms with Gasteiger partial charge < -0.3 is 4.43 Å². The van der Waals surface area contributed by atoms with E-state index < -0.39 is 13.9 Å². The smallest absolute Gasteiger partial charge is 0 e. The van der Waals surface area contributed by atoms with Crippen molar-refractivity contribution in [2.45, 2.75) is 63.8 Å². The zero-order chi connectivity index (χ0) is 28.7. The van der Waals surface area contributed by atoms with Crippen molar-refractivity contribution in [3.05, 3.63) is 64.2 Å². The molecule has 2 radical (unpaired) electrons. The van der Waals surface area contributed by atoms with E-state index in [1.54, 1.807) is 12.2 Å². The second kappa shape index (κ2) is 40.1. The molecule has 0 aromatic heterocycles. The molecule has 11 heteroatoms. The Bertz CT molecular complexity index is 790. The average molecular weight is 600 g/mol. The molecule has 0 spiro atoms. The van der Waals surface area contributed by atoms with Crippen LogP contribution in [0.15, 0.2) is 24.3 Å². The molecule has 1 aliphatic carbocycles. The Hall–Kier alpha value is -2.10. The number of carbonyl (C=O) groups excluding carboxylic acids is 1. The van der Waals surface area contributed by atoms with Crippen LogP contribution in [0.4, 0.5) is 0 Å². The van der Waals surface area contributed by atoms with Crippen LogP contribution in [0.2, 0.25) is 18.1 Å². The molecular formula is C25H26Co2O8Si. The van der Waals surface area contributed by atoms with Gasteiger partial charge in [0.05, 0.1) is 0 Å². The first-order chi connectivity index (χ1) is 16.2. The van der Waals surface area contributed by atoms with E-state index >= 15 is 0 Å². The summed E-state index contributed by atoms with van der Waals surface area (Å²) < 4.78 is 51.6. The Morgan fingerprint density at radius 2 is 1.25 bits per heavy atom. The van der Waals surface area contributed by atoms with Crippen molar-refractivity contribution in [2.24, 2.45) is 0 Å². The van der Waals surface area contributed by atoms with E-state index in [-0.39, 0.29) is 38.6 Å². The van der Waals surface area contributed by atoms with E-state index in [0.29, 0.717) is 6.29 Å².